The first-order valence-corrected chi connectivity index (χ1v) is 14.1. The van der Waals surface area contributed by atoms with Crippen molar-refractivity contribution in [2.24, 2.45) is 0 Å². The maximum atomic E-state index is 13.9. The highest BCUT2D eigenvalue weighted by Gasteiger charge is 2.41. The van der Waals surface area contributed by atoms with Gasteiger partial charge in [0.05, 0.1) is 43.4 Å². The third-order valence-corrected chi connectivity index (χ3v) is 8.43. The minimum absolute atomic E-state index is 0.0715. The SMILES string of the molecule is CC1COCCN1CC1CN[C@H](C)CN1CC(=O)N1CC(C)(C)c2nc(CO)c(Cc3ccc(F)cc3)cc21. The summed E-state index contributed by atoms with van der Waals surface area (Å²) in [6, 6.07) is 9.31. The topological polar surface area (TPSA) is 81.2 Å². The van der Waals surface area contributed by atoms with E-state index in [0.29, 0.717) is 37.3 Å². The van der Waals surface area contributed by atoms with Crippen LogP contribution in [0.15, 0.2) is 30.3 Å². The molecule has 2 saturated heterocycles. The van der Waals surface area contributed by atoms with Crippen molar-refractivity contribution in [1.82, 2.24) is 20.1 Å². The van der Waals surface area contributed by atoms with E-state index in [1.165, 1.54) is 12.1 Å². The van der Waals surface area contributed by atoms with E-state index in [9.17, 15) is 14.3 Å². The molecular formula is C30H42FN5O3. The standard InChI is InChI=1S/C30H42FN5O3/c1-20-14-35(25(13-32-20)15-34-9-10-39-18-21(34)2)16-28(38)36-19-30(3,4)29-27(36)12-23(26(17-37)33-29)11-22-5-7-24(31)8-6-22/h5-8,12,20-21,25,32,37H,9-11,13-19H2,1-4H3/t20-,21?,25?/m1/s1. The lowest BCUT2D eigenvalue weighted by atomic mass is 9.90. The second-order valence-electron chi connectivity index (χ2n) is 12.1. The van der Waals surface area contributed by atoms with Gasteiger partial charge in [0.2, 0.25) is 5.91 Å². The van der Waals surface area contributed by atoms with Crippen LogP contribution >= 0.6 is 0 Å². The number of pyridine rings is 1. The summed E-state index contributed by atoms with van der Waals surface area (Å²) in [4.78, 5) is 25.5. The predicted octanol–water partition coefficient (Wildman–Crippen LogP) is 2.31. The molecule has 3 aliphatic rings. The van der Waals surface area contributed by atoms with E-state index >= 15 is 0 Å². The molecule has 3 aliphatic heterocycles. The van der Waals surface area contributed by atoms with E-state index in [4.69, 9.17) is 9.72 Å². The Bertz CT molecular complexity index is 1170. The van der Waals surface area contributed by atoms with Gasteiger partial charge in [0.1, 0.15) is 5.82 Å². The number of benzene rings is 1. The first-order valence-electron chi connectivity index (χ1n) is 14.1. The molecule has 39 heavy (non-hydrogen) atoms. The molecule has 4 heterocycles. The molecule has 0 bridgehead atoms. The molecule has 9 heteroatoms. The quantitative estimate of drug-likeness (QED) is 0.559. The van der Waals surface area contributed by atoms with Crippen LogP contribution in [0.1, 0.15) is 50.2 Å². The van der Waals surface area contributed by atoms with Crippen molar-refractivity contribution in [3.8, 4) is 0 Å². The van der Waals surface area contributed by atoms with Crippen LogP contribution in [0.2, 0.25) is 0 Å². The van der Waals surface area contributed by atoms with Gasteiger partial charge in [-0.15, -0.1) is 0 Å². The fourth-order valence-electron chi connectivity index (χ4n) is 6.14. The number of anilines is 1. The Kier molecular flexibility index (Phi) is 8.35. The summed E-state index contributed by atoms with van der Waals surface area (Å²) in [5.74, 6) is -0.211. The van der Waals surface area contributed by atoms with Gasteiger partial charge in [-0.1, -0.05) is 26.0 Å². The molecule has 2 unspecified atom stereocenters. The molecule has 212 valence electrons. The Labute approximate surface area is 231 Å². The van der Waals surface area contributed by atoms with Gasteiger partial charge in [-0.25, -0.2) is 4.39 Å². The first kappa shape index (κ1) is 28.1. The number of ether oxygens (including phenoxy) is 1. The maximum absolute atomic E-state index is 13.9. The molecule has 0 radical (unpaired) electrons. The molecule has 0 saturated carbocycles. The number of rotatable bonds is 7. The molecule has 2 aromatic rings. The van der Waals surface area contributed by atoms with Gasteiger partial charge < -0.3 is 20.1 Å². The third kappa shape index (κ3) is 6.18. The lowest BCUT2D eigenvalue weighted by molar-refractivity contribution is -0.121. The zero-order valence-electron chi connectivity index (χ0n) is 23.6. The van der Waals surface area contributed by atoms with Crippen LogP contribution in [0.3, 0.4) is 0 Å². The van der Waals surface area contributed by atoms with E-state index in [2.05, 4.69) is 42.8 Å². The smallest absolute Gasteiger partial charge is 0.241 e. The third-order valence-electron chi connectivity index (χ3n) is 8.43. The second kappa shape index (κ2) is 11.6. The normalized spacial score (nSPS) is 25.6. The van der Waals surface area contributed by atoms with Crippen LogP contribution in [0.5, 0.6) is 0 Å². The Morgan fingerprint density at radius 1 is 1.23 bits per heavy atom. The van der Waals surface area contributed by atoms with Crippen molar-refractivity contribution in [3.63, 3.8) is 0 Å². The molecule has 5 rings (SSSR count). The minimum Gasteiger partial charge on any atom is -0.390 e. The first-order chi connectivity index (χ1) is 18.6. The number of carbonyl (C=O) groups excluding carboxylic acids is 1. The van der Waals surface area contributed by atoms with Crippen molar-refractivity contribution in [2.45, 2.75) is 64.3 Å². The largest absolute Gasteiger partial charge is 0.390 e. The van der Waals surface area contributed by atoms with Crippen molar-refractivity contribution >= 4 is 11.6 Å². The highest BCUT2D eigenvalue weighted by atomic mass is 19.1. The van der Waals surface area contributed by atoms with Gasteiger partial charge in [-0.05, 0) is 49.6 Å². The van der Waals surface area contributed by atoms with Gasteiger partial charge in [0.15, 0.2) is 0 Å². The van der Waals surface area contributed by atoms with Crippen LogP contribution in [0, 0.1) is 5.82 Å². The zero-order valence-corrected chi connectivity index (χ0v) is 23.6. The highest BCUT2D eigenvalue weighted by Crippen LogP contribution is 2.41. The molecule has 3 atom stereocenters. The molecule has 8 nitrogen and oxygen atoms in total. The number of hydrogen-bond acceptors (Lipinski definition) is 7. The number of piperazine rings is 1. The number of nitrogens with zero attached hydrogens (tertiary/aromatic N) is 4. The average molecular weight is 540 g/mol. The summed E-state index contributed by atoms with van der Waals surface area (Å²) < 4.78 is 19.1. The van der Waals surface area contributed by atoms with E-state index in [1.54, 1.807) is 12.1 Å². The number of aliphatic hydroxyl groups is 1. The summed E-state index contributed by atoms with van der Waals surface area (Å²) >= 11 is 0. The van der Waals surface area contributed by atoms with Gasteiger partial charge in [-0.3, -0.25) is 19.6 Å². The Morgan fingerprint density at radius 2 is 2.00 bits per heavy atom. The number of halogens is 1. The summed E-state index contributed by atoms with van der Waals surface area (Å²) in [5.41, 5.74) is 3.72. The van der Waals surface area contributed by atoms with Crippen LogP contribution < -0.4 is 10.2 Å². The van der Waals surface area contributed by atoms with Crippen molar-refractivity contribution in [2.75, 3.05) is 57.4 Å². The highest BCUT2D eigenvalue weighted by molar-refractivity contribution is 5.97. The van der Waals surface area contributed by atoms with Crippen LogP contribution in [-0.4, -0.2) is 96.4 Å². The minimum atomic E-state index is -0.331. The maximum Gasteiger partial charge on any atom is 0.241 e. The predicted molar refractivity (Wildman–Crippen MR) is 149 cm³/mol. The average Bonchev–Trinajstić information content (AvgIpc) is 3.17. The lowest BCUT2D eigenvalue weighted by Crippen LogP contribution is -2.62. The molecule has 2 N–H and O–H groups in total. The number of hydrogen-bond donors (Lipinski definition) is 2. The van der Waals surface area contributed by atoms with Gasteiger partial charge in [0, 0.05) is 56.3 Å². The van der Waals surface area contributed by atoms with Crippen molar-refractivity contribution in [1.29, 1.82) is 0 Å². The van der Waals surface area contributed by atoms with Crippen LogP contribution in [-0.2, 0) is 28.0 Å². The fourth-order valence-corrected chi connectivity index (χ4v) is 6.14. The summed E-state index contributed by atoms with van der Waals surface area (Å²) in [7, 11) is 0. The Hall–Kier alpha value is -2.43. The molecule has 1 aromatic carbocycles. The summed E-state index contributed by atoms with van der Waals surface area (Å²) in [6.45, 7) is 14.3. The number of aliphatic hydroxyl groups excluding tert-OH is 1. The molecule has 1 amide bonds. The Morgan fingerprint density at radius 3 is 2.72 bits per heavy atom. The van der Waals surface area contributed by atoms with Crippen LogP contribution in [0.25, 0.3) is 0 Å². The molecular weight excluding hydrogens is 497 g/mol. The van der Waals surface area contributed by atoms with Gasteiger partial charge in [0.25, 0.3) is 0 Å². The number of amides is 1. The number of aromatic nitrogens is 1. The van der Waals surface area contributed by atoms with Gasteiger partial charge in [-0.2, -0.15) is 0 Å². The van der Waals surface area contributed by atoms with E-state index in [-0.39, 0.29) is 29.8 Å². The zero-order chi connectivity index (χ0) is 27.7. The fraction of sp³-hybridized carbons (Fsp3) is 0.600. The number of nitrogens with one attached hydrogen (secondary N) is 1. The summed E-state index contributed by atoms with van der Waals surface area (Å²) in [6.07, 6.45) is 0.508. The monoisotopic (exact) mass is 539 g/mol. The second-order valence-corrected chi connectivity index (χ2v) is 12.1. The number of carbonyl (C=O) groups is 1. The van der Waals surface area contributed by atoms with E-state index < -0.39 is 0 Å². The van der Waals surface area contributed by atoms with E-state index in [0.717, 1.165) is 61.9 Å². The van der Waals surface area contributed by atoms with E-state index in [1.807, 2.05) is 11.0 Å². The van der Waals surface area contributed by atoms with Crippen molar-refractivity contribution in [3.05, 3.63) is 58.7 Å². The molecule has 2 fully saturated rings. The Balaban J connectivity index is 1.37. The van der Waals surface area contributed by atoms with Crippen LogP contribution in [0.4, 0.5) is 10.1 Å². The lowest BCUT2D eigenvalue weighted by Gasteiger charge is -2.43. The molecule has 0 spiro atoms. The number of fused-ring (bicyclic) bond motifs is 1. The van der Waals surface area contributed by atoms with Gasteiger partial charge >= 0.3 is 0 Å². The molecule has 0 aliphatic carbocycles. The van der Waals surface area contributed by atoms with Crippen molar-refractivity contribution < 1.29 is 19.0 Å². The summed E-state index contributed by atoms with van der Waals surface area (Å²) in [5, 5.41) is 13.7. The number of morpholine rings is 1. The molecule has 1 aromatic heterocycles.